The van der Waals surface area contributed by atoms with Crippen molar-refractivity contribution in [2.24, 2.45) is 0 Å². The first-order valence-corrected chi connectivity index (χ1v) is 23.4. The highest BCUT2D eigenvalue weighted by molar-refractivity contribution is 7.99. The average molecular weight is 825 g/mol. The van der Waals surface area contributed by atoms with Gasteiger partial charge in [0.2, 0.25) is 0 Å². The fraction of sp³-hybridized carbons (Fsp3) is 0.158. The third-order valence-electron chi connectivity index (χ3n) is 13.1. The van der Waals surface area contributed by atoms with E-state index in [0.29, 0.717) is 0 Å². The molecule has 2 unspecified atom stereocenters. The Hall–Kier alpha value is -5.94. The molecule has 61 heavy (non-hydrogen) atoms. The van der Waals surface area contributed by atoms with Crippen LogP contribution in [0, 0.1) is 0 Å². The van der Waals surface area contributed by atoms with Gasteiger partial charge < -0.3 is 9.47 Å². The van der Waals surface area contributed by atoms with Crippen LogP contribution in [-0.2, 0) is 5.41 Å². The molecule has 0 radical (unpaired) electrons. The summed E-state index contributed by atoms with van der Waals surface area (Å²) in [5, 5.41) is 2.65. The summed E-state index contributed by atoms with van der Waals surface area (Å²) in [4.78, 5) is 3.80. The van der Waals surface area contributed by atoms with Crippen molar-refractivity contribution < 1.29 is 0 Å². The molecule has 2 atom stereocenters. The molecule has 0 aliphatic heterocycles. The third kappa shape index (κ3) is 6.02. The van der Waals surface area contributed by atoms with Crippen molar-refractivity contribution >= 4 is 63.3 Å². The number of hydrogen-bond acceptors (Lipinski definition) is 3. The normalized spacial score (nSPS) is 15.2. The number of unbranched alkanes of at least 4 members (excludes halogenated alkanes) is 1. The second kappa shape index (κ2) is 15.5. The van der Waals surface area contributed by atoms with Crippen LogP contribution in [0.15, 0.2) is 187 Å². The summed E-state index contributed by atoms with van der Waals surface area (Å²) in [6.07, 6.45) is 4.54. The molecule has 2 aliphatic rings. The van der Waals surface area contributed by atoms with E-state index in [2.05, 4.69) is 205 Å². The highest BCUT2D eigenvalue weighted by atomic mass is 32.2. The van der Waals surface area contributed by atoms with Gasteiger partial charge in [-0.25, -0.2) is 0 Å². The number of rotatable bonds is 11. The standard InChI is InChI=1S/C57H48N2S2/c1-3-5-33-61-43-28-31-47-45-29-25-38(56(60)16-4-2)34-51(45)57(53(47)37-43)50-23-14-12-21-44(50)46-30-26-42(36-52(46)57)58(39-17-8-6-9-18-39)41-27-32-55-49(35-41)48-22-13-15-24-54(48)59(55)40-19-10-7-11-20-40/h6-15,17-32,34-37,56,60H,3-5,16,33H2,1-2H3. The molecule has 0 N–H and O–H groups in total. The Morgan fingerprint density at radius 3 is 1.95 bits per heavy atom. The van der Waals surface area contributed by atoms with E-state index in [1.165, 1.54) is 89.6 Å². The van der Waals surface area contributed by atoms with Crippen molar-refractivity contribution in [3.8, 4) is 27.9 Å². The van der Waals surface area contributed by atoms with Crippen molar-refractivity contribution in [1.29, 1.82) is 0 Å². The molecule has 1 spiro atoms. The maximum Gasteiger partial charge on any atom is 0.0726 e. The molecule has 0 amide bonds. The van der Waals surface area contributed by atoms with Gasteiger partial charge >= 0.3 is 0 Å². The number of anilines is 3. The van der Waals surface area contributed by atoms with Crippen LogP contribution in [0.1, 0.15) is 72.6 Å². The number of thioether (sulfide) groups is 1. The van der Waals surface area contributed by atoms with Crippen LogP contribution >= 0.6 is 24.4 Å². The smallest absolute Gasteiger partial charge is 0.0726 e. The van der Waals surface area contributed by atoms with Gasteiger partial charge in [-0.3, -0.25) is 0 Å². The molecule has 298 valence electrons. The topological polar surface area (TPSA) is 8.17 Å². The van der Waals surface area contributed by atoms with Gasteiger partial charge in [0.1, 0.15) is 0 Å². The van der Waals surface area contributed by atoms with Gasteiger partial charge in [-0.05, 0) is 141 Å². The Kier molecular flexibility index (Phi) is 9.67. The van der Waals surface area contributed by atoms with Crippen molar-refractivity contribution in [1.82, 2.24) is 4.57 Å². The van der Waals surface area contributed by atoms with E-state index in [9.17, 15) is 0 Å². The van der Waals surface area contributed by atoms with Gasteiger partial charge in [-0.15, -0.1) is 11.8 Å². The number of hydrogen-bond donors (Lipinski definition) is 1. The van der Waals surface area contributed by atoms with Gasteiger partial charge in [0.15, 0.2) is 0 Å². The highest BCUT2D eigenvalue weighted by Gasteiger charge is 2.52. The van der Waals surface area contributed by atoms with E-state index in [-0.39, 0.29) is 5.25 Å². The molecule has 9 aromatic rings. The average Bonchev–Trinajstić information content (AvgIpc) is 3.91. The first kappa shape index (κ1) is 38.0. The quantitative estimate of drug-likeness (QED) is 0.0790. The predicted octanol–water partition coefficient (Wildman–Crippen LogP) is 16.3. The Balaban J connectivity index is 1.16. The molecular formula is C57H48N2S2. The molecule has 0 saturated carbocycles. The summed E-state index contributed by atoms with van der Waals surface area (Å²) in [5.74, 6) is 1.12. The molecule has 1 heterocycles. The van der Waals surface area contributed by atoms with Gasteiger partial charge in [0.25, 0.3) is 0 Å². The molecule has 2 aliphatic carbocycles. The van der Waals surface area contributed by atoms with Gasteiger partial charge in [-0.1, -0.05) is 136 Å². The number of nitrogens with zero attached hydrogens (tertiary/aromatic N) is 2. The second-order valence-corrected chi connectivity index (χ2v) is 18.4. The zero-order valence-electron chi connectivity index (χ0n) is 34.7. The van der Waals surface area contributed by atoms with E-state index in [4.69, 9.17) is 12.6 Å². The minimum atomic E-state index is -0.487. The van der Waals surface area contributed by atoms with E-state index in [1.807, 2.05) is 11.8 Å². The summed E-state index contributed by atoms with van der Waals surface area (Å²) >= 11 is 7.18. The van der Waals surface area contributed by atoms with E-state index < -0.39 is 5.41 Å². The monoisotopic (exact) mass is 824 g/mol. The lowest BCUT2D eigenvalue weighted by molar-refractivity contribution is 0.767. The Bertz CT molecular complexity index is 3090. The van der Waals surface area contributed by atoms with Crippen molar-refractivity contribution in [3.63, 3.8) is 0 Å². The molecular weight excluding hydrogens is 777 g/mol. The fourth-order valence-electron chi connectivity index (χ4n) is 10.4. The number of thiol groups is 1. The minimum Gasteiger partial charge on any atom is -0.310 e. The Morgan fingerprint density at radius 2 is 1.15 bits per heavy atom. The number of aromatic nitrogens is 1. The minimum absolute atomic E-state index is 0.176. The summed E-state index contributed by atoms with van der Waals surface area (Å²) < 4.78 is 2.39. The lowest BCUT2D eigenvalue weighted by Crippen LogP contribution is -2.26. The summed E-state index contributed by atoms with van der Waals surface area (Å²) in [6, 6.07) is 68.4. The van der Waals surface area contributed by atoms with Crippen molar-refractivity contribution in [2.75, 3.05) is 10.7 Å². The van der Waals surface area contributed by atoms with Crippen LogP contribution in [0.3, 0.4) is 0 Å². The highest BCUT2D eigenvalue weighted by Crippen LogP contribution is 2.64. The molecule has 0 fully saturated rings. The Labute approximate surface area is 369 Å². The molecule has 11 rings (SSSR count). The second-order valence-electron chi connectivity index (χ2n) is 16.6. The molecule has 8 aromatic carbocycles. The predicted molar refractivity (Wildman–Crippen MR) is 264 cm³/mol. The van der Waals surface area contributed by atoms with E-state index >= 15 is 0 Å². The number of para-hydroxylation sites is 3. The summed E-state index contributed by atoms with van der Waals surface area (Å²) in [6.45, 7) is 4.54. The molecule has 2 nitrogen and oxygen atoms in total. The number of benzene rings is 8. The first-order chi connectivity index (χ1) is 30.1. The SMILES string of the molecule is CCCCSc1ccc2c(c1)C1(c3ccccc3-c3ccc(N(c4ccccc4)c4ccc5c(c4)c4ccccc4n5-c4ccccc4)cc31)c1cc(C(S)CCC)ccc1-2. The third-order valence-corrected chi connectivity index (χ3v) is 14.7. The summed E-state index contributed by atoms with van der Waals surface area (Å²) in [5.41, 5.74) is 18.5. The lowest BCUT2D eigenvalue weighted by atomic mass is 9.70. The largest absolute Gasteiger partial charge is 0.310 e. The van der Waals surface area contributed by atoms with Crippen molar-refractivity contribution in [2.45, 2.75) is 55.1 Å². The molecule has 1 aromatic heterocycles. The molecule has 0 saturated heterocycles. The van der Waals surface area contributed by atoms with Crippen LogP contribution in [-0.4, -0.2) is 10.3 Å². The first-order valence-electron chi connectivity index (χ1n) is 21.9. The summed E-state index contributed by atoms with van der Waals surface area (Å²) in [7, 11) is 0. The fourth-order valence-corrected chi connectivity index (χ4v) is 11.8. The van der Waals surface area contributed by atoms with Crippen LogP contribution in [0.4, 0.5) is 17.1 Å². The zero-order chi connectivity index (χ0) is 41.1. The molecule has 0 bridgehead atoms. The van der Waals surface area contributed by atoms with Gasteiger partial charge in [-0.2, -0.15) is 12.6 Å². The Morgan fingerprint density at radius 1 is 0.525 bits per heavy atom. The van der Waals surface area contributed by atoms with Crippen LogP contribution in [0.2, 0.25) is 0 Å². The van der Waals surface area contributed by atoms with E-state index in [1.54, 1.807) is 0 Å². The maximum atomic E-state index is 5.19. The molecule has 4 heteroatoms. The van der Waals surface area contributed by atoms with Crippen LogP contribution < -0.4 is 4.90 Å². The van der Waals surface area contributed by atoms with Crippen molar-refractivity contribution in [3.05, 3.63) is 210 Å². The zero-order valence-corrected chi connectivity index (χ0v) is 36.4. The number of fused-ring (bicyclic) bond motifs is 13. The van der Waals surface area contributed by atoms with Gasteiger partial charge in [0.05, 0.1) is 16.4 Å². The van der Waals surface area contributed by atoms with Crippen LogP contribution in [0.5, 0.6) is 0 Å². The maximum absolute atomic E-state index is 5.19. The van der Waals surface area contributed by atoms with Crippen LogP contribution in [0.25, 0.3) is 49.7 Å². The lowest BCUT2D eigenvalue weighted by Gasteiger charge is -2.33. The van der Waals surface area contributed by atoms with E-state index in [0.717, 1.165) is 41.3 Å². The van der Waals surface area contributed by atoms with Gasteiger partial charge in [0, 0.05) is 43.7 Å².